The topological polar surface area (TPSA) is 58.2 Å². The monoisotopic (exact) mass is 272 g/mol. The summed E-state index contributed by atoms with van der Waals surface area (Å²) < 4.78 is 26.2. The van der Waals surface area contributed by atoms with Gasteiger partial charge in [0.05, 0.1) is 4.90 Å². The van der Waals surface area contributed by atoms with Crippen molar-refractivity contribution in [1.29, 1.82) is 0 Å². The largest absolute Gasteiger partial charge is 0.384 e. The van der Waals surface area contributed by atoms with Crippen LogP contribution in [0.4, 0.5) is 5.69 Å². The minimum Gasteiger partial charge on any atom is -0.384 e. The molecule has 1 aliphatic heterocycles. The van der Waals surface area contributed by atoms with E-state index in [4.69, 9.17) is 11.6 Å². The number of benzene rings is 1. The summed E-state index contributed by atoms with van der Waals surface area (Å²) in [5.41, 5.74) is 2.03. The van der Waals surface area contributed by atoms with E-state index in [0.717, 1.165) is 24.2 Å². The van der Waals surface area contributed by atoms with Gasteiger partial charge in [-0.05, 0) is 30.2 Å². The van der Waals surface area contributed by atoms with E-state index in [0.29, 0.717) is 0 Å². The Hall–Kier alpha value is -1.04. The fourth-order valence-corrected chi connectivity index (χ4v) is 2.93. The summed E-state index contributed by atoms with van der Waals surface area (Å²) in [7, 11) is -3.50. The van der Waals surface area contributed by atoms with Crippen molar-refractivity contribution in [2.24, 2.45) is 0 Å². The van der Waals surface area contributed by atoms with Crippen LogP contribution in [0.15, 0.2) is 34.7 Å². The molecule has 0 fully saturated rings. The van der Waals surface area contributed by atoms with E-state index in [9.17, 15) is 8.42 Å². The Morgan fingerprint density at radius 1 is 1.53 bits per heavy atom. The second-order valence-electron chi connectivity index (χ2n) is 3.84. The zero-order valence-electron chi connectivity index (χ0n) is 9.16. The first-order valence-corrected chi connectivity index (χ1v) is 7.05. The summed E-state index contributed by atoms with van der Waals surface area (Å²) in [5, 5.41) is 3.44. The van der Waals surface area contributed by atoms with Crippen LogP contribution in [0.3, 0.4) is 0 Å². The van der Waals surface area contributed by atoms with Gasteiger partial charge in [0, 0.05) is 23.8 Å². The number of rotatable bonds is 4. The molecule has 0 bridgehead atoms. The third-order valence-electron chi connectivity index (χ3n) is 2.55. The Bertz CT molecular complexity index is 555. The first kappa shape index (κ1) is 12.4. The molecule has 0 spiro atoms. The number of hydrogen-bond donors (Lipinski definition) is 2. The summed E-state index contributed by atoms with van der Waals surface area (Å²) in [5.74, 6) is 0. The fraction of sp³-hybridized carbons (Fsp3) is 0.273. The fourth-order valence-electron chi connectivity index (χ4n) is 1.71. The lowest BCUT2D eigenvalue weighted by molar-refractivity contribution is 0.585. The van der Waals surface area contributed by atoms with E-state index < -0.39 is 10.0 Å². The van der Waals surface area contributed by atoms with Crippen molar-refractivity contribution >= 4 is 27.3 Å². The normalized spacial score (nSPS) is 14.2. The van der Waals surface area contributed by atoms with Gasteiger partial charge < -0.3 is 5.32 Å². The van der Waals surface area contributed by atoms with E-state index in [1.165, 1.54) is 0 Å². The Morgan fingerprint density at radius 3 is 3.00 bits per heavy atom. The van der Waals surface area contributed by atoms with Gasteiger partial charge in [-0.1, -0.05) is 18.2 Å². The number of sulfonamides is 1. The second-order valence-corrected chi connectivity index (χ2v) is 6.14. The van der Waals surface area contributed by atoms with Crippen molar-refractivity contribution in [3.8, 4) is 0 Å². The molecule has 0 atom stereocenters. The van der Waals surface area contributed by atoms with Crippen molar-refractivity contribution in [1.82, 2.24) is 4.72 Å². The predicted molar refractivity (Wildman–Crippen MR) is 68.8 cm³/mol. The standard InChI is InChI=1S/C11H13ClN2O2S/c1-8(12)7-14-17(15,16)10-2-3-11-9(6-10)4-5-13-11/h2-3,6,13-14H,1,4-5,7H2. The Morgan fingerprint density at radius 2 is 2.29 bits per heavy atom. The molecule has 6 heteroatoms. The SMILES string of the molecule is C=C(Cl)CNS(=O)(=O)c1ccc2c(c1)CCN2. The molecule has 92 valence electrons. The zero-order valence-corrected chi connectivity index (χ0v) is 10.7. The van der Waals surface area contributed by atoms with Crippen molar-refractivity contribution in [3.05, 3.63) is 35.4 Å². The molecule has 1 aromatic carbocycles. The minimum atomic E-state index is -3.50. The van der Waals surface area contributed by atoms with Gasteiger partial charge in [0.15, 0.2) is 0 Å². The van der Waals surface area contributed by atoms with Crippen LogP contribution in [0, 0.1) is 0 Å². The minimum absolute atomic E-state index is 0.0409. The van der Waals surface area contributed by atoms with Gasteiger partial charge in [0.25, 0.3) is 0 Å². The van der Waals surface area contributed by atoms with Crippen LogP contribution >= 0.6 is 11.6 Å². The second kappa shape index (κ2) is 4.68. The number of anilines is 1. The lowest BCUT2D eigenvalue weighted by atomic mass is 10.2. The highest BCUT2D eigenvalue weighted by molar-refractivity contribution is 7.89. The maximum atomic E-state index is 11.9. The predicted octanol–water partition coefficient (Wildman–Crippen LogP) is 1.69. The van der Waals surface area contributed by atoms with Crippen LogP contribution in [0.25, 0.3) is 0 Å². The summed E-state index contributed by atoms with van der Waals surface area (Å²) in [6, 6.07) is 5.05. The molecule has 1 aromatic rings. The molecule has 0 amide bonds. The lowest BCUT2D eigenvalue weighted by Gasteiger charge is -2.07. The van der Waals surface area contributed by atoms with Gasteiger partial charge in [-0.25, -0.2) is 13.1 Å². The number of halogens is 1. The quantitative estimate of drug-likeness (QED) is 0.877. The van der Waals surface area contributed by atoms with Gasteiger partial charge in [0.1, 0.15) is 0 Å². The molecule has 0 saturated heterocycles. The van der Waals surface area contributed by atoms with Crippen LogP contribution in [0.1, 0.15) is 5.56 Å². The van der Waals surface area contributed by atoms with E-state index >= 15 is 0 Å². The maximum absolute atomic E-state index is 11.9. The van der Waals surface area contributed by atoms with Gasteiger partial charge in [-0.15, -0.1) is 0 Å². The lowest BCUT2D eigenvalue weighted by Crippen LogP contribution is -2.24. The first-order valence-electron chi connectivity index (χ1n) is 5.19. The average Bonchev–Trinajstić information content (AvgIpc) is 2.73. The van der Waals surface area contributed by atoms with Crippen LogP contribution in [0.2, 0.25) is 0 Å². The molecule has 1 aliphatic rings. The van der Waals surface area contributed by atoms with Crippen molar-refractivity contribution in [2.45, 2.75) is 11.3 Å². The Labute approximate surface area is 106 Å². The molecule has 0 unspecified atom stereocenters. The highest BCUT2D eigenvalue weighted by atomic mass is 35.5. The molecular formula is C11H13ClN2O2S. The molecule has 0 aliphatic carbocycles. The van der Waals surface area contributed by atoms with Crippen LogP contribution in [-0.4, -0.2) is 21.5 Å². The smallest absolute Gasteiger partial charge is 0.240 e. The molecular weight excluding hydrogens is 260 g/mol. The summed E-state index contributed by atoms with van der Waals surface area (Å²) >= 11 is 5.53. The Kier molecular flexibility index (Phi) is 3.42. The molecule has 2 rings (SSSR count). The van der Waals surface area contributed by atoms with Gasteiger partial charge in [0.2, 0.25) is 10.0 Å². The van der Waals surface area contributed by atoms with Crippen molar-refractivity contribution in [3.63, 3.8) is 0 Å². The van der Waals surface area contributed by atoms with Crippen LogP contribution in [-0.2, 0) is 16.4 Å². The molecule has 0 saturated carbocycles. The highest BCUT2D eigenvalue weighted by Gasteiger charge is 2.17. The molecule has 0 radical (unpaired) electrons. The number of hydrogen-bond acceptors (Lipinski definition) is 3. The van der Waals surface area contributed by atoms with Crippen LogP contribution < -0.4 is 10.0 Å². The van der Waals surface area contributed by atoms with Gasteiger partial charge in [-0.2, -0.15) is 0 Å². The molecule has 4 nitrogen and oxygen atoms in total. The van der Waals surface area contributed by atoms with E-state index in [1.807, 2.05) is 0 Å². The third kappa shape index (κ3) is 2.80. The van der Waals surface area contributed by atoms with E-state index in [-0.39, 0.29) is 16.5 Å². The highest BCUT2D eigenvalue weighted by Crippen LogP contribution is 2.24. The van der Waals surface area contributed by atoms with Crippen molar-refractivity contribution < 1.29 is 8.42 Å². The number of nitrogens with one attached hydrogen (secondary N) is 2. The van der Waals surface area contributed by atoms with E-state index in [1.54, 1.807) is 18.2 Å². The first-order chi connectivity index (χ1) is 7.99. The number of fused-ring (bicyclic) bond motifs is 1. The summed E-state index contributed by atoms with van der Waals surface area (Å²) in [6.45, 7) is 4.33. The van der Waals surface area contributed by atoms with Gasteiger partial charge >= 0.3 is 0 Å². The average molecular weight is 273 g/mol. The summed E-state index contributed by atoms with van der Waals surface area (Å²) in [4.78, 5) is 0.262. The van der Waals surface area contributed by atoms with E-state index in [2.05, 4.69) is 16.6 Å². The summed E-state index contributed by atoms with van der Waals surface area (Å²) in [6.07, 6.45) is 0.848. The third-order valence-corrected chi connectivity index (χ3v) is 4.08. The molecule has 17 heavy (non-hydrogen) atoms. The molecule has 0 aromatic heterocycles. The Balaban J connectivity index is 2.24. The molecule has 1 heterocycles. The molecule has 2 N–H and O–H groups in total. The maximum Gasteiger partial charge on any atom is 0.240 e. The van der Waals surface area contributed by atoms with Crippen molar-refractivity contribution in [2.75, 3.05) is 18.4 Å². The van der Waals surface area contributed by atoms with Crippen LogP contribution in [0.5, 0.6) is 0 Å². The van der Waals surface area contributed by atoms with Gasteiger partial charge in [-0.3, -0.25) is 0 Å². The zero-order chi connectivity index (χ0) is 12.5.